The predicted molar refractivity (Wildman–Crippen MR) is 128 cm³/mol. The summed E-state index contributed by atoms with van der Waals surface area (Å²) in [6.07, 6.45) is 8.24. The number of fused-ring (bicyclic) bond motifs is 1. The molecule has 1 aliphatic carbocycles. The number of halogens is 1. The van der Waals surface area contributed by atoms with Crippen molar-refractivity contribution in [3.63, 3.8) is 0 Å². The van der Waals surface area contributed by atoms with Crippen molar-refractivity contribution in [1.82, 2.24) is 25.1 Å². The van der Waals surface area contributed by atoms with Gasteiger partial charge in [0.15, 0.2) is 0 Å². The molecule has 4 heterocycles. The van der Waals surface area contributed by atoms with E-state index >= 15 is 0 Å². The van der Waals surface area contributed by atoms with Gasteiger partial charge in [0.25, 0.3) is 0 Å². The van der Waals surface area contributed by atoms with Crippen LogP contribution in [0.5, 0.6) is 5.88 Å². The van der Waals surface area contributed by atoms with E-state index in [0.717, 1.165) is 66.1 Å². The van der Waals surface area contributed by atoms with Crippen LogP contribution in [0, 0.1) is 5.41 Å². The van der Waals surface area contributed by atoms with Crippen LogP contribution in [0.3, 0.4) is 0 Å². The lowest BCUT2D eigenvalue weighted by Crippen LogP contribution is -2.49. The predicted octanol–water partition coefficient (Wildman–Crippen LogP) is 4.94. The molecule has 3 aliphatic rings. The summed E-state index contributed by atoms with van der Waals surface area (Å²) in [7, 11) is 0. The first-order valence-electron chi connectivity index (χ1n) is 11.8. The Hall–Kier alpha value is -2.72. The van der Waals surface area contributed by atoms with Gasteiger partial charge in [0.2, 0.25) is 5.88 Å². The standard InChI is InChI=1S/C24H26BrN5O4/c25-14-4-5-15-21(20(14)17-3-1-2-10-33-17)22(29-28-15)16-11-26-12-19(27-16)34-18-13-30(23(31)32)9-8-24(18)6-7-24/h4-5,11-12,17-18H,1-3,6-10,13H2,(H,28,29)(H,31,32). The molecule has 3 fully saturated rings. The van der Waals surface area contributed by atoms with E-state index < -0.39 is 6.09 Å². The first-order chi connectivity index (χ1) is 16.5. The van der Waals surface area contributed by atoms with E-state index in [0.29, 0.717) is 30.4 Å². The highest BCUT2D eigenvalue weighted by Gasteiger charge is 2.54. The number of nitrogens with one attached hydrogen (secondary N) is 1. The Bertz CT molecular complexity index is 1240. The van der Waals surface area contributed by atoms with Gasteiger partial charge in [0, 0.05) is 34.0 Å². The van der Waals surface area contributed by atoms with Crippen molar-refractivity contribution in [3.8, 4) is 17.3 Å². The molecule has 10 heteroatoms. The average molecular weight is 528 g/mol. The Labute approximate surface area is 205 Å². The van der Waals surface area contributed by atoms with Crippen molar-refractivity contribution in [2.75, 3.05) is 19.7 Å². The quantitative estimate of drug-likeness (QED) is 0.494. The first-order valence-corrected chi connectivity index (χ1v) is 12.6. The fraction of sp³-hybridized carbons (Fsp3) is 0.500. The molecule has 1 amide bonds. The third-order valence-electron chi connectivity index (χ3n) is 7.45. The Balaban J connectivity index is 1.34. The van der Waals surface area contributed by atoms with Gasteiger partial charge in [-0.15, -0.1) is 0 Å². The molecule has 2 saturated heterocycles. The maximum absolute atomic E-state index is 11.5. The zero-order valence-corrected chi connectivity index (χ0v) is 20.3. The second-order valence-electron chi connectivity index (χ2n) is 9.50. The molecule has 2 aromatic heterocycles. The third kappa shape index (κ3) is 3.82. The Morgan fingerprint density at radius 2 is 2.15 bits per heavy atom. The van der Waals surface area contributed by atoms with E-state index in [1.54, 1.807) is 12.4 Å². The van der Waals surface area contributed by atoms with Crippen molar-refractivity contribution in [2.45, 2.75) is 50.7 Å². The number of amides is 1. The fourth-order valence-corrected chi connectivity index (χ4v) is 5.91. The molecular formula is C24H26BrN5O4. The molecule has 9 nitrogen and oxygen atoms in total. The number of ether oxygens (including phenoxy) is 2. The molecule has 2 atom stereocenters. The van der Waals surface area contributed by atoms with E-state index in [2.05, 4.69) is 31.1 Å². The van der Waals surface area contributed by atoms with Crippen LogP contribution < -0.4 is 4.74 Å². The van der Waals surface area contributed by atoms with Crippen LogP contribution in [0.15, 0.2) is 29.0 Å². The monoisotopic (exact) mass is 527 g/mol. The summed E-state index contributed by atoms with van der Waals surface area (Å²) in [4.78, 5) is 22.1. The number of aromatic amines is 1. The number of likely N-dealkylation sites (tertiary alicyclic amines) is 1. The van der Waals surface area contributed by atoms with Crippen LogP contribution in [-0.2, 0) is 4.74 Å². The van der Waals surface area contributed by atoms with Crippen molar-refractivity contribution in [3.05, 3.63) is 34.6 Å². The molecule has 3 aromatic rings. The number of rotatable bonds is 4. The van der Waals surface area contributed by atoms with Gasteiger partial charge in [0.05, 0.1) is 30.6 Å². The summed E-state index contributed by atoms with van der Waals surface area (Å²) < 4.78 is 13.4. The fourth-order valence-electron chi connectivity index (χ4n) is 5.32. The Kier molecular flexibility index (Phi) is 5.44. The zero-order chi connectivity index (χ0) is 23.3. The Morgan fingerprint density at radius 3 is 2.91 bits per heavy atom. The van der Waals surface area contributed by atoms with Crippen LogP contribution in [0.4, 0.5) is 4.79 Å². The molecular weight excluding hydrogens is 502 g/mol. The lowest BCUT2D eigenvalue weighted by Gasteiger charge is -2.37. The molecule has 34 heavy (non-hydrogen) atoms. The smallest absolute Gasteiger partial charge is 0.407 e. The number of nitrogens with zero attached hydrogens (tertiary/aromatic N) is 4. The lowest BCUT2D eigenvalue weighted by atomic mass is 9.90. The highest BCUT2D eigenvalue weighted by molar-refractivity contribution is 9.10. The minimum absolute atomic E-state index is 0.00506. The molecule has 178 valence electrons. The minimum Gasteiger partial charge on any atom is -0.471 e. The summed E-state index contributed by atoms with van der Waals surface area (Å²) in [5.41, 5.74) is 3.36. The maximum Gasteiger partial charge on any atom is 0.407 e. The zero-order valence-electron chi connectivity index (χ0n) is 18.7. The first kappa shape index (κ1) is 21.8. The average Bonchev–Trinajstić information content (AvgIpc) is 3.50. The third-order valence-corrected chi connectivity index (χ3v) is 8.14. The topological polar surface area (TPSA) is 113 Å². The van der Waals surface area contributed by atoms with Crippen molar-refractivity contribution >= 4 is 32.9 Å². The SMILES string of the molecule is O=C(O)N1CCC2(CC2)C(Oc2cncc(-c3n[nH]c4ccc(Br)c(C5CCCCO5)c34)n2)C1. The normalized spacial score (nSPS) is 23.9. The van der Waals surface area contributed by atoms with Gasteiger partial charge in [-0.2, -0.15) is 5.10 Å². The van der Waals surface area contributed by atoms with Gasteiger partial charge in [-0.1, -0.05) is 15.9 Å². The number of hydrogen-bond donors (Lipinski definition) is 2. The molecule has 2 aliphatic heterocycles. The molecule has 0 bridgehead atoms. The highest BCUT2D eigenvalue weighted by Crippen LogP contribution is 2.54. The molecule has 6 rings (SSSR count). The van der Waals surface area contributed by atoms with Crippen LogP contribution in [0.1, 0.15) is 50.2 Å². The summed E-state index contributed by atoms with van der Waals surface area (Å²) in [5, 5.41) is 18.1. The van der Waals surface area contributed by atoms with Gasteiger partial charge in [-0.3, -0.25) is 10.1 Å². The van der Waals surface area contributed by atoms with Gasteiger partial charge >= 0.3 is 6.09 Å². The molecule has 2 unspecified atom stereocenters. The largest absolute Gasteiger partial charge is 0.471 e. The number of carbonyl (C=O) groups is 1. The van der Waals surface area contributed by atoms with E-state index in [9.17, 15) is 9.90 Å². The van der Waals surface area contributed by atoms with E-state index in [1.807, 2.05) is 12.1 Å². The molecule has 1 aromatic carbocycles. The molecule has 1 saturated carbocycles. The number of hydrogen-bond acceptors (Lipinski definition) is 6. The second kappa shape index (κ2) is 8.49. The van der Waals surface area contributed by atoms with Crippen molar-refractivity contribution in [1.29, 1.82) is 0 Å². The summed E-state index contributed by atoms with van der Waals surface area (Å²) in [5.74, 6) is 0.391. The minimum atomic E-state index is -0.907. The molecule has 1 spiro atoms. The number of benzene rings is 1. The van der Waals surface area contributed by atoms with Crippen LogP contribution in [0.25, 0.3) is 22.3 Å². The van der Waals surface area contributed by atoms with Gasteiger partial charge in [-0.25, -0.2) is 9.78 Å². The highest BCUT2D eigenvalue weighted by atomic mass is 79.9. The van der Waals surface area contributed by atoms with Gasteiger partial charge in [-0.05, 0) is 50.7 Å². The van der Waals surface area contributed by atoms with Crippen LogP contribution >= 0.6 is 15.9 Å². The second-order valence-corrected chi connectivity index (χ2v) is 10.4. The summed E-state index contributed by atoms with van der Waals surface area (Å²) >= 11 is 3.73. The summed E-state index contributed by atoms with van der Waals surface area (Å²) in [6, 6.07) is 4.02. The van der Waals surface area contributed by atoms with Gasteiger partial charge < -0.3 is 19.5 Å². The van der Waals surface area contributed by atoms with Crippen LogP contribution in [0.2, 0.25) is 0 Å². The number of H-pyrrole nitrogens is 1. The summed E-state index contributed by atoms with van der Waals surface area (Å²) in [6.45, 7) is 1.66. The van der Waals surface area contributed by atoms with E-state index in [4.69, 9.17) is 14.5 Å². The number of piperidine rings is 1. The Morgan fingerprint density at radius 1 is 1.26 bits per heavy atom. The molecule has 2 N–H and O–H groups in total. The maximum atomic E-state index is 11.5. The lowest BCUT2D eigenvalue weighted by molar-refractivity contribution is 0.0154. The number of aromatic nitrogens is 4. The van der Waals surface area contributed by atoms with E-state index in [-0.39, 0.29) is 17.6 Å². The number of carboxylic acid groups (broad SMARTS) is 1. The molecule has 0 radical (unpaired) electrons. The van der Waals surface area contributed by atoms with Crippen molar-refractivity contribution < 1.29 is 19.4 Å². The van der Waals surface area contributed by atoms with Crippen molar-refractivity contribution in [2.24, 2.45) is 5.41 Å². The van der Waals surface area contributed by atoms with E-state index in [1.165, 1.54) is 4.90 Å². The van der Waals surface area contributed by atoms with Crippen LogP contribution in [-0.4, -0.2) is 62.1 Å². The van der Waals surface area contributed by atoms with Gasteiger partial charge in [0.1, 0.15) is 17.5 Å².